The van der Waals surface area contributed by atoms with Crippen LogP contribution >= 0.6 is 0 Å². The molecule has 360 valence electrons. The molecular weight excluding hydrogens is 843 g/mol. The molecule has 0 radical (unpaired) electrons. The molecule has 14 N–H and O–H groups in total. The molecule has 0 aliphatic heterocycles. The number of hydrogen-bond acceptors (Lipinski definition) is 11. The largest absolute Gasteiger partial charge is 0.481 e. The molecule has 0 aliphatic rings. The van der Waals surface area contributed by atoms with E-state index in [2.05, 4.69) is 31.9 Å². The lowest BCUT2D eigenvalue weighted by atomic mass is 9.98. The maximum absolute atomic E-state index is 14.1. The number of benzene rings is 2. The molecule has 0 bridgehead atoms. The van der Waals surface area contributed by atoms with Gasteiger partial charge in [0.1, 0.15) is 36.3 Å². The zero-order chi connectivity index (χ0) is 49.2. The second-order valence-electron chi connectivity index (χ2n) is 16.5. The number of unbranched alkanes of at least 4 members (excludes halogenated alkanes) is 1. The van der Waals surface area contributed by atoms with Crippen molar-refractivity contribution in [3.63, 3.8) is 0 Å². The first kappa shape index (κ1) is 56.6. The quantitative estimate of drug-likeness (QED) is 0.0527. The average molecular weight is 912 g/mol. The van der Waals surface area contributed by atoms with Crippen LogP contribution in [-0.4, -0.2) is 112 Å². The predicted octanol–water partition coefficient (Wildman–Crippen LogP) is -0.000100. The summed E-state index contributed by atoms with van der Waals surface area (Å²) in [7, 11) is 0. The standard InChI is InChI=1S/C43H65N9O9.C2H4O2/c1-25(2)22-32(49-38(55)31(18-12-13-21-44)48-37(54)30(45)19-20-35(46)53)41(58)52-36(26(3)4)42(59)51-34(24-29-16-10-7-11-17-29)40(57)50-33(23-28-14-8-6-9-15-28)39(56)47-27(5)43(60)61;1-2(3)4/h6-11,14-17,25-27,30-34,36H,12-13,18-24,44-45H2,1-5H3,(H2,46,53)(H,47,56)(H,48,54)(H,49,55)(H,50,57)(H,51,59)(H,52,58)(H,60,61);1H3,(H,3,4). The second-order valence-corrected chi connectivity index (χ2v) is 16.5. The molecule has 0 aliphatic carbocycles. The van der Waals surface area contributed by atoms with Gasteiger partial charge in [0.2, 0.25) is 41.4 Å². The first-order valence-electron chi connectivity index (χ1n) is 21.6. The molecule has 7 amide bonds. The number of amides is 7. The topological polar surface area (TPSA) is 344 Å². The molecule has 2 rings (SSSR count). The van der Waals surface area contributed by atoms with Gasteiger partial charge in [-0.2, -0.15) is 0 Å². The minimum absolute atomic E-state index is 0.00212. The summed E-state index contributed by atoms with van der Waals surface area (Å²) in [6.45, 7) is 9.81. The average Bonchev–Trinajstić information content (AvgIpc) is 3.23. The Kier molecular flexibility index (Phi) is 26.0. The fourth-order valence-electron chi connectivity index (χ4n) is 6.26. The van der Waals surface area contributed by atoms with Gasteiger partial charge in [0.05, 0.1) is 6.04 Å². The molecule has 0 spiro atoms. The zero-order valence-corrected chi connectivity index (χ0v) is 38.1. The number of carboxylic acid groups (broad SMARTS) is 2. The predicted molar refractivity (Wildman–Crippen MR) is 242 cm³/mol. The van der Waals surface area contributed by atoms with Crippen molar-refractivity contribution in [2.75, 3.05) is 6.54 Å². The monoisotopic (exact) mass is 912 g/mol. The van der Waals surface area contributed by atoms with Gasteiger partial charge in [-0.15, -0.1) is 0 Å². The van der Waals surface area contributed by atoms with Crippen LogP contribution in [0.4, 0.5) is 0 Å². The van der Waals surface area contributed by atoms with E-state index < -0.39 is 101 Å². The van der Waals surface area contributed by atoms with Crippen LogP contribution in [-0.2, 0) is 56.0 Å². The van der Waals surface area contributed by atoms with E-state index in [4.69, 9.17) is 27.1 Å². The number of primary amides is 1. The number of carbonyl (C=O) groups excluding carboxylic acids is 7. The number of aliphatic carboxylic acids is 2. The zero-order valence-electron chi connectivity index (χ0n) is 38.1. The Labute approximate surface area is 380 Å². The van der Waals surface area contributed by atoms with Crippen molar-refractivity contribution in [1.82, 2.24) is 31.9 Å². The Morgan fingerprint density at radius 1 is 0.569 bits per heavy atom. The highest BCUT2D eigenvalue weighted by molar-refractivity contribution is 5.97. The van der Waals surface area contributed by atoms with E-state index in [0.29, 0.717) is 30.5 Å². The molecule has 20 nitrogen and oxygen atoms in total. The van der Waals surface area contributed by atoms with E-state index in [1.54, 1.807) is 74.5 Å². The van der Waals surface area contributed by atoms with E-state index >= 15 is 0 Å². The normalized spacial score (nSPS) is 14.1. The second kappa shape index (κ2) is 29.9. The molecule has 0 saturated carbocycles. The third kappa shape index (κ3) is 23.2. The van der Waals surface area contributed by atoms with E-state index in [-0.39, 0.29) is 44.4 Å². The van der Waals surface area contributed by atoms with Crippen molar-refractivity contribution >= 4 is 53.3 Å². The fourth-order valence-corrected chi connectivity index (χ4v) is 6.26. The number of nitrogens with two attached hydrogens (primary N) is 3. The smallest absolute Gasteiger partial charge is 0.325 e. The fraction of sp³-hybridized carbons (Fsp3) is 0.533. The Hall–Kier alpha value is -6.41. The molecule has 0 heterocycles. The Balaban J connectivity index is 0.00000505. The Morgan fingerprint density at radius 2 is 1.00 bits per heavy atom. The van der Waals surface area contributed by atoms with Crippen LogP contribution in [0.3, 0.4) is 0 Å². The van der Waals surface area contributed by atoms with E-state index in [1.807, 2.05) is 13.8 Å². The van der Waals surface area contributed by atoms with Gasteiger partial charge >= 0.3 is 5.97 Å². The van der Waals surface area contributed by atoms with Crippen molar-refractivity contribution in [2.45, 2.75) is 135 Å². The van der Waals surface area contributed by atoms with Crippen LogP contribution in [0.15, 0.2) is 60.7 Å². The van der Waals surface area contributed by atoms with Crippen LogP contribution in [0.1, 0.15) is 91.2 Å². The minimum atomic E-state index is -1.27. The van der Waals surface area contributed by atoms with Gasteiger partial charge in [-0.25, -0.2) is 0 Å². The lowest BCUT2D eigenvalue weighted by Crippen LogP contribution is -2.61. The van der Waals surface area contributed by atoms with Gasteiger partial charge < -0.3 is 59.3 Å². The number of carboxylic acids is 2. The highest BCUT2D eigenvalue weighted by Crippen LogP contribution is 2.12. The van der Waals surface area contributed by atoms with Crippen molar-refractivity contribution < 1.29 is 53.4 Å². The molecular formula is C45H69N9O11. The summed E-state index contributed by atoms with van der Waals surface area (Å²) < 4.78 is 0. The highest BCUT2D eigenvalue weighted by atomic mass is 16.4. The summed E-state index contributed by atoms with van der Waals surface area (Å²) in [5.74, 6) is -7.55. The molecule has 7 unspecified atom stereocenters. The Bertz CT molecular complexity index is 1860. The number of rotatable bonds is 27. The summed E-state index contributed by atoms with van der Waals surface area (Å²) in [5.41, 5.74) is 18.2. The lowest BCUT2D eigenvalue weighted by Gasteiger charge is -2.29. The maximum atomic E-state index is 14.1. The van der Waals surface area contributed by atoms with Gasteiger partial charge in [0.25, 0.3) is 5.97 Å². The first-order chi connectivity index (χ1) is 30.5. The van der Waals surface area contributed by atoms with Gasteiger partial charge in [-0.3, -0.25) is 43.2 Å². The summed E-state index contributed by atoms with van der Waals surface area (Å²) in [6.07, 6.45) is 1.23. The van der Waals surface area contributed by atoms with Gasteiger partial charge in [0, 0.05) is 26.2 Å². The summed E-state index contributed by atoms with van der Waals surface area (Å²) in [4.78, 5) is 114. The SMILES string of the molecule is CC(=O)O.CC(C)CC(NC(=O)C(CCCCN)NC(=O)C(N)CCC(N)=O)C(=O)NC(C(=O)NC(Cc1ccccc1)C(=O)NC(Cc1ccccc1)C(=O)NC(C)C(=O)O)C(C)C. The summed E-state index contributed by atoms with van der Waals surface area (Å²) >= 11 is 0. The third-order valence-corrected chi connectivity index (χ3v) is 9.77. The van der Waals surface area contributed by atoms with Crippen LogP contribution < -0.4 is 49.1 Å². The van der Waals surface area contributed by atoms with E-state index in [9.17, 15) is 43.5 Å². The molecule has 2 aromatic carbocycles. The molecule has 0 fully saturated rings. The van der Waals surface area contributed by atoms with Gasteiger partial charge in [-0.1, -0.05) is 88.4 Å². The van der Waals surface area contributed by atoms with Gasteiger partial charge in [0.15, 0.2) is 0 Å². The van der Waals surface area contributed by atoms with Crippen molar-refractivity contribution in [2.24, 2.45) is 29.0 Å². The molecule has 65 heavy (non-hydrogen) atoms. The number of hydrogen-bond donors (Lipinski definition) is 11. The van der Waals surface area contributed by atoms with Crippen molar-refractivity contribution in [3.8, 4) is 0 Å². The third-order valence-electron chi connectivity index (χ3n) is 9.77. The highest BCUT2D eigenvalue weighted by Gasteiger charge is 2.35. The number of carbonyl (C=O) groups is 9. The molecule has 0 aromatic heterocycles. The number of nitrogens with one attached hydrogen (secondary N) is 6. The van der Waals surface area contributed by atoms with Crippen molar-refractivity contribution in [1.29, 1.82) is 0 Å². The first-order valence-corrected chi connectivity index (χ1v) is 21.6. The van der Waals surface area contributed by atoms with Crippen molar-refractivity contribution in [3.05, 3.63) is 71.8 Å². The van der Waals surface area contributed by atoms with Crippen LogP contribution in [0, 0.1) is 11.8 Å². The summed E-state index contributed by atoms with van der Waals surface area (Å²) in [5, 5.41) is 32.8. The van der Waals surface area contributed by atoms with Crippen LogP contribution in [0.25, 0.3) is 0 Å². The van der Waals surface area contributed by atoms with Gasteiger partial charge in [-0.05, 0) is 68.5 Å². The van der Waals surface area contributed by atoms with Crippen LogP contribution in [0.2, 0.25) is 0 Å². The Morgan fingerprint density at radius 3 is 1.45 bits per heavy atom. The molecule has 2 aromatic rings. The minimum Gasteiger partial charge on any atom is -0.481 e. The molecule has 0 saturated heterocycles. The summed E-state index contributed by atoms with van der Waals surface area (Å²) in [6, 6.07) is 9.36. The molecule has 20 heteroatoms. The van der Waals surface area contributed by atoms with Crippen LogP contribution in [0.5, 0.6) is 0 Å². The van der Waals surface area contributed by atoms with E-state index in [0.717, 1.165) is 6.92 Å². The van der Waals surface area contributed by atoms with E-state index in [1.165, 1.54) is 6.92 Å². The maximum Gasteiger partial charge on any atom is 0.325 e. The molecule has 7 atom stereocenters. The lowest BCUT2D eigenvalue weighted by molar-refractivity contribution is -0.142.